The highest BCUT2D eigenvalue weighted by Crippen LogP contribution is 2.24. The molecule has 0 amide bonds. The Morgan fingerprint density at radius 3 is 2.71 bits per heavy atom. The van der Waals surface area contributed by atoms with Crippen LogP contribution in [0, 0.1) is 13.8 Å². The van der Waals surface area contributed by atoms with Gasteiger partial charge in [0.15, 0.2) is 0 Å². The van der Waals surface area contributed by atoms with Crippen LogP contribution in [0.3, 0.4) is 0 Å². The minimum atomic E-state index is 0.565. The Balaban J connectivity index is 1.89. The van der Waals surface area contributed by atoms with Crippen LogP contribution in [0.15, 0.2) is 0 Å². The maximum Gasteiger partial charge on any atom is 0.134 e. The van der Waals surface area contributed by atoms with Gasteiger partial charge in [0.05, 0.1) is 0 Å². The minimum Gasteiger partial charge on any atom is -0.383 e. The van der Waals surface area contributed by atoms with E-state index in [1.54, 1.807) is 0 Å². The third kappa shape index (κ3) is 3.06. The first-order valence-electron chi connectivity index (χ1n) is 6.12. The van der Waals surface area contributed by atoms with Gasteiger partial charge in [-0.1, -0.05) is 0 Å². The van der Waals surface area contributed by atoms with Crippen molar-refractivity contribution in [2.24, 2.45) is 0 Å². The standard InChI is InChI=1S/C12H21N5/c1-8-11(13)15-9(2)16-12(8)14-6-7-17(3)10-4-5-10/h10H,4-7H2,1-3H3,(H3,13,14,15,16). The number of nitrogens with zero attached hydrogens (tertiary/aromatic N) is 3. The molecule has 0 saturated heterocycles. The number of rotatable bonds is 5. The molecule has 1 aromatic heterocycles. The Hall–Kier alpha value is -1.36. The molecule has 5 heteroatoms. The lowest BCUT2D eigenvalue weighted by atomic mass is 10.3. The normalized spacial score (nSPS) is 15.3. The molecule has 5 nitrogen and oxygen atoms in total. The van der Waals surface area contributed by atoms with Gasteiger partial charge in [-0.25, -0.2) is 9.97 Å². The van der Waals surface area contributed by atoms with Crippen molar-refractivity contribution in [3.05, 3.63) is 11.4 Å². The molecule has 1 heterocycles. The zero-order valence-electron chi connectivity index (χ0n) is 10.8. The van der Waals surface area contributed by atoms with Crippen molar-refractivity contribution in [2.75, 3.05) is 31.2 Å². The third-order valence-corrected chi connectivity index (χ3v) is 3.22. The second kappa shape index (κ2) is 4.87. The average Bonchev–Trinajstić information content (AvgIpc) is 3.08. The van der Waals surface area contributed by atoms with Gasteiger partial charge in [-0.2, -0.15) is 0 Å². The van der Waals surface area contributed by atoms with Crippen LogP contribution in [0.1, 0.15) is 24.2 Å². The Morgan fingerprint density at radius 1 is 1.35 bits per heavy atom. The van der Waals surface area contributed by atoms with Gasteiger partial charge in [-0.15, -0.1) is 0 Å². The van der Waals surface area contributed by atoms with E-state index in [2.05, 4.69) is 27.2 Å². The van der Waals surface area contributed by atoms with Gasteiger partial charge < -0.3 is 16.0 Å². The molecule has 1 aliphatic carbocycles. The van der Waals surface area contributed by atoms with E-state index in [0.29, 0.717) is 11.6 Å². The summed E-state index contributed by atoms with van der Waals surface area (Å²) in [5.74, 6) is 2.14. The van der Waals surface area contributed by atoms with E-state index in [4.69, 9.17) is 5.73 Å². The van der Waals surface area contributed by atoms with Crippen LogP contribution >= 0.6 is 0 Å². The van der Waals surface area contributed by atoms with E-state index in [-0.39, 0.29) is 0 Å². The molecule has 2 rings (SSSR count). The summed E-state index contributed by atoms with van der Waals surface area (Å²) < 4.78 is 0. The first-order chi connectivity index (χ1) is 8.08. The van der Waals surface area contributed by atoms with Crippen molar-refractivity contribution >= 4 is 11.6 Å². The Bertz CT molecular complexity index is 400. The number of aromatic nitrogens is 2. The van der Waals surface area contributed by atoms with Crippen LogP contribution in [0.4, 0.5) is 11.6 Å². The molecule has 0 unspecified atom stereocenters. The summed E-state index contributed by atoms with van der Waals surface area (Å²) in [7, 11) is 2.17. The summed E-state index contributed by atoms with van der Waals surface area (Å²) >= 11 is 0. The second-order valence-corrected chi connectivity index (χ2v) is 4.77. The molecule has 0 aromatic carbocycles. The lowest BCUT2D eigenvalue weighted by Crippen LogP contribution is -2.27. The molecule has 17 heavy (non-hydrogen) atoms. The van der Waals surface area contributed by atoms with Crippen molar-refractivity contribution in [1.29, 1.82) is 0 Å². The van der Waals surface area contributed by atoms with E-state index in [0.717, 1.165) is 30.5 Å². The van der Waals surface area contributed by atoms with Crippen molar-refractivity contribution in [2.45, 2.75) is 32.7 Å². The first-order valence-corrected chi connectivity index (χ1v) is 6.12. The van der Waals surface area contributed by atoms with E-state index >= 15 is 0 Å². The zero-order valence-corrected chi connectivity index (χ0v) is 10.8. The summed E-state index contributed by atoms with van der Waals surface area (Å²) in [4.78, 5) is 10.9. The molecule has 1 fully saturated rings. The summed E-state index contributed by atoms with van der Waals surface area (Å²) in [6.07, 6.45) is 2.68. The van der Waals surface area contributed by atoms with Gasteiger partial charge in [0.2, 0.25) is 0 Å². The number of nitrogen functional groups attached to an aromatic ring is 1. The predicted octanol–water partition coefficient (Wildman–Crippen LogP) is 1.18. The molecule has 0 aliphatic heterocycles. The van der Waals surface area contributed by atoms with Gasteiger partial charge in [0.1, 0.15) is 17.5 Å². The molecule has 3 N–H and O–H groups in total. The number of likely N-dealkylation sites (N-methyl/N-ethyl adjacent to an activating group) is 1. The highest BCUT2D eigenvalue weighted by molar-refractivity contribution is 5.54. The van der Waals surface area contributed by atoms with Crippen LogP contribution in [0.25, 0.3) is 0 Å². The molecule has 0 atom stereocenters. The van der Waals surface area contributed by atoms with Crippen LogP contribution in [0.2, 0.25) is 0 Å². The van der Waals surface area contributed by atoms with E-state index in [9.17, 15) is 0 Å². The predicted molar refractivity (Wildman–Crippen MR) is 70.1 cm³/mol. The molecule has 94 valence electrons. The summed E-state index contributed by atoms with van der Waals surface area (Å²) in [5, 5.41) is 3.34. The van der Waals surface area contributed by atoms with Crippen molar-refractivity contribution in [3.63, 3.8) is 0 Å². The van der Waals surface area contributed by atoms with Gasteiger partial charge in [0.25, 0.3) is 0 Å². The highest BCUT2D eigenvalue weighted by Gasteiger charge is 2.25. The number of hydrogen-bond acceptors (Lipinski definition) is 5. The fraction of sp³-hybridized carbons (Fsp3) is 0.667. The van der Waals surface area contributed by atoms with Crippen LogP contribution < -0.4 is 11.1 Å². The van der Waals surface area contributed by atoms with Gasteiger partial charge >= 0.3 is 0 Å². The van der Waals surface area contributed by atoms with E-state index in [1.807, 2.05) is 13.8 Å². The number of nitrogens with two attached hydrogens (primary N) is 1. The highest BCUT2D eigenvalue weighted by atomic mass is 15.2. The van der Waals surface area contributed by atoms with E-state index in [1.165, 1.54) is 12.8 Å². The maximum atomic E-state index is 5.81. The fourth-order valence-corrected chi connectivity index (χ4v) is 1.87. The SMILES string of the molecule is Cc1nc(N)c(C)c(NCCN(C)C2CC2)n1. The average molecular weight is 235 g/mol. The number of nitrogens with one attached hydrogen (secondary N) is 1. The molecular formula is C12H21N5. The summed E-state index contributed by atoms with van der Waals surface area (Å²) in [5.41, 5.74) is 6.74. The number of anilines is 2. The Morgan fingerprint density at radius 2 is 2.06 bits per heavy atom. The largest absolute Gasteiger partial charge is 0.383 e. The lowest BCUT2D eigenvalue weighted by molar-refractivity contribution is 0.337. The van der Waals surface area contributed by atoms with E-state index < -0.39 is 0 Å². The lowest BCUT2D eigenvalue weighted by Gasteiger charge is -2.17. The molecule has 1 aliphatic rings. The van der Waals surface area contributed by atoms with Crippen molar-refractivity contribution in [3.8, 4) is 0 Å². The first kappa shape index (κ1) is 12.1. The van der Waals surface area contributed by atoms with Gasteiger partial charge in [0, 0.05) is 24.7 Å². The maximum absolute atomic E-state index is 5.81. The van der Waals surface area contributed by atoms with Crippen LogP contribution in [-0.4, -0.2) is 41.0 Å². The van der Waals surface area contributed by atoms with Crippen LogP contribution in [0.5, 0.6) is 0 Å². The van der Waals surface area contributed by atoms with Crippen molar-refractivity contribution in [1.82, 2.24) is 14.9 Å². The topological polar surface area (TPSA) is 67.1 Å². The molecule has 0 radical (unpaired) electrons. The fourth-order valence-electron chi connectivity index (χ4n) is 1.87. The monoisotopic (exact) mass is 235 g/mol. The van der Waals surface area contributed by atoms with Crippen LogP contribution in [-0.2, 0) is 0 Å². The number of hydrogen-bond donors (Lipinski definition) is 2. The minimum absolute atomic E-state index is 0.565. The Labute approximate surface area is 102 Å². The van der Waals surface area contributed by atoms with Crippen molar-refractivity contribution < 1.29 is 0 Å². The number of aryl methyl sites for hydroxylation is 1. The molecule has 0 spiro atoms. The second-order valence-electron chi connectivity index (χ2n) is 4.77. The summed E-state index contributed by atoms with van der Waals surface area (Å²) in [6.45, 7) is 5.73. The molecule has 1 aromatic rings. The zero-order chi connectivity index (χ0) is 12.4. The Kier molecular flexibility index (Phi) is 3.47. The van der Waals surface area contributed by atoms with Gasteiger partial charge in [-0.3, -0.25) is 0 Å². The quantitative estimate of drug-likeness (QED) is 0.802. The smallest absolute Gasteiger partial charge is 0.134 e. The molecule has 0 bridgehead atoms. The molecular weight excluding hydrogens is 214 g/mol. The molecule has 1 saturated carbocycles. The summed E-state index contributed by atoms with van der Waals surface area (Å²) in [6, 6.07) is 0.801. The third-order valence-electron chi connectivity index (χ3n) is 3.22. The van der Waals surface area contributed by atoms with Gasteiger partial charge in [-0.05, 0) is 33.7 Å².